The smallest absolute Gasteiger partial charge is 0.349 e. The van der Waals surface area contributed by atoms with Crippen molar-refractivity contribution in [3.63, 3.8) is 0 Å². The van der Waals surface area contributed by atoms with Crippen molar-refractivity contribution in [1.82, 2.24) is 19.5 Å². The van der Waals surface area contributed by atoms with E-state index >= 15 is 0 Å². The molecule has 2 aliphatic heterocycles. The predicted molar refractivity (Wildman–Crippen MR) is 127 cm³/mol. The molecule has 0 amide bonds. The van der Waals surface area contributed by atoms with Crippen LogP contribution >= 0.6 is 0 Å². The second-order valence-electron chi connectivity index (χ2n) is 8.87. The van der Waals surface area contributed by atoms with Crippen LogP contribution in [0.25, 0.3) is 28.1 Å². The van der Waals surface area contributed by atoms with Gasteiger partial charge in [0.2, 0.25) is 0 Å². The first kappa shape index (κ1) is 24.0. The van der Waals surface area contributed by atoms with Gasteiger partial charge >= 0.3 is 5.69 Å². The van der Waals surface area contributed by atoms with Crippen LogP contribution < -0.4 is 16.6 Å². The Labute approximate surface area is 194 Å². The van der Waals surface area contributed by atoms with Gasteiger partial charge in [0.15, 0.2) is 11.5 Å². The Kier molecular flexibility index (Phi) is 6.80. The SMILES string of the molecule is C=C(C)c1cc2nc3c(=O)[nH]c(=O)nc-3n(CC(O)C(O)C(O)CO)c2cc1NC1CCCC1. The lowest BCUT2D eigenvalue weighted by atomic mass is 10.0. The molecular weight excluding hydrogens is 442 g/mol. The summed E-state index contributed by atoms with van der Waals surface area (Å²) in [5, 5.41) is 43.2. The highest BCUT2D eigenvalue weighted by Crippen LogP contribution is 2.33. The molecule has 182 valence electrons. The van der Waals surface area contributed by atoms with Crippen molar-refractivity contribution in [2.45, 2.75) is 63.5 Å². The largest absolute Gasteiger partial charge is 0.394 e. The summed E-state index contributed by atoms with van der Waals surface area (Å²) in [5.74, 6) is -0.0686. The van der Waals surface area contributed by atoms with Crippen molar-refractivity contribution in [3.05, 3.63) is 45.1 Å². The fourth-order valence-electron chi connectivity index (χ4n) is 4.45. The average molecular weight is 472 g/mol. The van der Waals surface area contributed by atoms with E-state index in [1.165, 1.54) is 4.57 Å². The van der Waals surface area contributed by atoms with Gasteiger partial charge in [-0.3, -0.25) is 9.78 Å². The fraction of sp³-hybridized carbons (Fsp3) is 0.478. The molecule has 0 aromatic heterocycles. The zero-order chi connectivity index (χ0) is 24.6. The van der Waals surface area contributed by atoms with Crippen molar-refractivity contribution >= 4 is 22.3 Å². The van der Waals surface area contributed by atoms with E-state index in [9.17, 15) is 24.9 Å². The third kappa shape index (κ3) is 4.60. The van der Waals surface area contributed by atoms with E-state index in [4.69, 9.17) is 5.11 Å². The molecule has 11 nitrogen and oxygen atoms in total. The molecule has 1 fully saturated rings. The zero-order valence-electron chi connectivity index (χ0n) is 18.9. The second-order valence-corrected chi connectivity index (χ2v) is 8.87. The van der Waals surface area contributed by atoms with Crippen LogP contribution in [0, 0.1) is 0 Å². The number of aromatic nitrogens is 4. The van der Waals surface area contributed by atoms with Crippen molar-refractivity contribution in [2.75, 3.05) is 11.9 Å². The first-order valence-corrected chi connectivity index (χ1v) is 11.3. The molecule has 3 atom stereocenters. The summed E-state index contributed by atoms with van der Waals surface area (Å²) in [6.45, 7) is 4.86. The van der Waals surface area contributed by atoms with Crippen LogP contribution in [0.5, 0.6) is 0 Å². The number of allylic oxidation sites excluding steroid dienone is 1. The number of hydrogen-bond donors (Lipinski definition) is 6. The lowest BCUT2D eigenvalue weighted by Crippen LogP contribution is -2.42. The van der Waals surface area contributed by atoms with Crippen molar-refractivity contribution in [1.29, 1.82) is 0 Å². The van der Waals surface area contributed by atoms with Gasteiger partial charge in [0.1, 0.15) is 18.3 Å². The molecule has 3 aliphatic rings. The highest BCUT2D eigenvalue weighted by atomic mass is 16.4. The monoisotopic (exact) mass is 471 g/mol. The molecule has 4 rings (SSSR count). The molecular formula is C23H29N5O6. The Morgan fingerprint density at radius 3 is 2.56 bits per heavy atom. The Morgan fingerprint density at radius 2 is 1.91 bits per heavy atom. The summed E-state index contributed by atoms with van der Waals surface area (Å²) in [7, 11) is 0. The topological polar surface area (TPSA) is 174 Å². The van der Waals surface area contributed by atoms with Crippen LogP contribution in [-0.2, 0) is 6.54 Å². The second kappa shape index (κ2) is 9.63. The van der Waals surface area contributed by atoms with E-state index in [1.807, 2.05) is 6.92 Å². The molecule has 1 aromatic carbocycles. The van der Waals surface area contributed by atoms with Gasteiger partial charge in [-0.1, -0.05) is 19.4 Å². The quantitative estimate of drug-likeness (QED) is 0.248. The van der Waals surface area contributed by atoms with Crippen molar-refractivity contribution in [2.24, 2.45) is 0 Å². The van der Waals surface area contributed by atoms with Gasteiger partial charge in [-0.05, 0) is 37.5 Å². The van der Waals surface area contributed by atoms with Gasteiger partial charge in [0.25, 0.3) is 5.56 Å². The maximum absolute atomic E-state index is 12.5. The van der Waals surface area contributed by atoms with Crippen LogP contribution in [0.3, 0.4) is 0 Å². The molecule has 34 heavy (non-hydrogen) atoms. The molecule has 1 aromatic rings. The molecule has 1 saturated carbocycles. The molecule has 0 bridgehead atoms. The highest BCUT2D eigenvalue weighted by molar-refractivity contribution is 5.89. The van der Waals surface area contributed by atoms with Crippen LogP contribution in [0.15, 0.2) is 28.3 Å². The summed E-state index contributed by atoms with van der Waals surface area (Å²) in [4.78, 5) is 34.9. The average Bonchev–Trinajstić information content (AvgIpc) is 3.31. The number of rotatable bonds is 8. The summed E-state index contributed by atoms with van der Waals surface area (Å²) in [6, 6.07) is 3.87. The Bertz CT molecular complexity index is 1300. The summed E-state index contributed by atoms with van der Waals surface area (Å²) < 4.78 is 1.42. The molecule has 0 spiro atoms. The summed E-state index contributed by atoms with van der Waals surface area (Å²) in [6.07, 6.45) is -0.448. The molecule has 3 unspecified atom stereocenters. The summed E-state index contributed by atoms with van der Waals surface area (Å²) >= 11 is 0. The van der Waals surface area contributed by atoms with Gasteiger partial charge in [-0.15, -0.1) is 0 Å². The van der Waals surface area contributed by atoms with Crippen LogP contribution in [0.2, 0.25) is 0 Å². The van der Waals surface area contributed by atoms with Crippen LogP contribution in [0.1, 0.15) is 38.2 Å². The lowest BCUT2D eigenvalue weighted by molar-refractivity contribution is -0.0802. The molecule has 11 heteroatoms. The lowest BCUT2D eigenvalue weighted by Gasteiger charge is -2.26. The maximum atomic E-state index is 12.5. The minimum atomic E-state index is -1.67. The van der Waals surface area contributed by atoms with E-state index in [0.29, 0.717) is 17.1 Å². The first-order valence-electron chi connectivity index (χ1n) is 11.3. The van der Waals surface area contributed by atoms with Gasteiger partial charge in [-0.25, -0.2) is 9.78 Å². The van der Waals surface area contributed by atoms with E-state index < -0.39 is 36.2 Å². The number of benzene rings is 1. The number of nitrogens with one attached hydrogen (secondary N) is 2. The number of aliphatic hydroxyl groups excluding tert-OH is 4. The highest BCUT2D eigenvalue weighted by Gasteiger charge is 2.28. The third-order valence-corrected chi connectivity index (χ3v) is 6.27. The van der Waals surface area contributed by atoms with Gasteiger partial charge in [0, 0.05) is 17.3 Å². The van der Waals surface area contributed by atoms with Crippen LogP contribution in [-0.4, -0.2) is 70.9 Å². The molecule has 2 heterocycles. The Morgan fingerprint density at radius 1 is 1.21 bits per heavy atom. The fourth-order valence-corrected chi connectivity index (χ4v) is 4.45. The number of aliphatic hydroxyl groups is 4. The Hall–Kier alpha value is -3.12. The molecule has 1 aliphatic carbocycles. The molecule has 0 saturated heterocycles. The van der Waals surface area contributed by atoms with E-state index in [-0.39, 0.29) is 18.1 Å². The van der Waals surface area contributed by atoms with Crippen molar-refractivity contribution < 1.29 is 20.4 Å². The predicted octanol–water partition coefficient (Wildman–Crippen LogP) is 0.0472. The number of anilines is 1. The maximum Gasteiger partial charge on any atom is 0.349 e. The first-order chi connectivity index (χ1) is 16.2. The number of fused-ring (bicyclic) bond motifs is 2. The Balaban J connectivity index is 1.95. The number of hydrogen-bond acceptors (Lipinski definition) is 9. The van der Waals surface area contributed by atoms with Gasteiger partial charge in [0.05, 0.1) is 24.2 Å². The van der Waals surface area contributed by atoms with E-state index in [1.54, 1.807) is 12.1 Å². The third-order valence-electron chi connectivity index (χ3n) is 6.27. The van der Waals surface area contributed by atoms with Crippen molar-refractivity contribution in [3.8, 4) is 11.5 Å². The standard InChI is InChI=1S/C23H29N5O6/c1-11(2)13-7-15-16(8-14(13)24-12-5-3-4-6-12)28(9-17(30)20(32)18(31)10-29)21-19(25-15)22(33)27-23(34)26-21/h7-8,12,17-18,20,24,29-32H,1,3-6,9-10H2,2H3,(H,27,33,34). The van der Waals surface area contributed by atoms with E-state index in [2.05, 4.69) is 26.8 Å². The zero-order valence-corrected chi connectivity index (χ0v) is 18.9. The minimum Gasteiger partial charge on any atom is -0.394 e. The number of H-pyrrole nitrogens is 1. The normalized spacial score (nSPS) is 17.2. The molecule has 0 radical (unpaired) electrons. The summed E-state index contributed by atoms with van der Waals surface area (Å²) in [5.41, 5.74) is 1.54. The van der Waals surface area contributed by atoms with Crippen LogP contribution in [0.4, 0.5) is 5.69 Å². The van der Waals surface area contributed by atoms with Gasteiger partial charge in [-0.2, -0.15) is 4.98 Å². The molecule has 6 N–H and O–H groups in total. The van der Waals surface area contributed by atoms with E-state index in [0.717, 1.165) is 42.5 Å². The van der Waals surface area contributed by atoms with Gasteiger partial charge < -0.3 is 30.3 Å². The number of aromatic amines is 1. The number of nitrogens with zero attached hydrogens (tertiary/aromatic N) is 3. The minimum absolute atomic E-state index is 0.0686.